The van der Waals surface area contributed by atoms with E-state index in [9.17, 15) is 9.59 Å². The predicted molar refractivity (Wildman–Crippen MR) is 118 cm³/mol. The minimum atomic E-state index is -0.438. The van der Waals surface area contributed by atoms with Crippen LogP contribution < -0.4 is 11.0 Å². The molecule has 1 atom stereocenters. The van der Waals surface area contributed by atoms with Crippen molar-refractivity contribution in [3.8, 4) is 0 Å². The van der Waals surface area contributed by atoms with Gasteiger partial charge in [-0.1, -0.05) is 32.0 Å². The van der Waals surface area contributed by atoms with Gasteiger partial charge in [-0.3, -0.25) is 4.79 Å². The Morgan fingerprint density at radius 2 is 2.17 bits per heavy atom. The van der Waals surface area contributed by atoms with Crippen molar-refractivity contribution in [3.63, 3.8) is 0 Å². The Morgan fingerprint density at radius 3 is 3.00 bits per heavy atom. The molecule has 0 unspecified atom stereocenters. The fraction of sp³-hybridized carbons (Fsp3) is 0.364. The number of carbonyl (C=O) groups excluding carboxylic acids is 1. The van der Waals surface area contributed by atoms with Crippen molar-refractivity contribution in [2.45, 2.75) is 46.1 Å². The quantitative estimate of drug-likeness (QED) is 0.547. The average Bonchev–Trinajstić information content (AvgIpc) is 3.25. The summed E-state index contributed by atoms with van der Waals surface area (Å²) >= 11 is 1.70. The minimum Gasteiger partial charge on any atom is -0.324 e. The van der Waals surface area contributed by atoms with Crippen LogP contribution >= 0.6 is 11.3 Å². The van der Waals surface area contributed by atoms with Crippen molar-refractivity contribution in [2.24, 2.45) is 5.92 Å². The number of nitrogens with zero attached hydrogens (tertiary/aromatic N) is 4. The number of anilines is 1. The Hall–Kier alpha value is -3.00. The van der Waals surface area contributed by atoms with E-state index >= 15 is 0 Å². The molecule has 154 valence electrons. The van der Waals surface area contributed by atoms with Gasteiger partial charge in [0.15, 0.2) is 5.65 Å². The van der Waals surface area contributed by atoms with Gasteiger partial charge in [0.1, 0.15) is 17.7 Å². The summed E-state index contributed by atoms with van der Waals surface area (Å²) in [7, 11) is 0. The molecule has 0 bridgehead atoms. The maximum Gasteiger partial charge on any atom is 0.365 e. The van der Waals surface area contributed by atoms with Crippen LogP contribution in [-0.2, 0) is 30.6 Å². The first-order valence-electron chi connectivity index (χ1n) is 10.3. The molecule has 0 aliphatic heterocycles. The van der Waals surface area contributed by atoms with Crippen molar-refractivity contribution < 1.29 is 4.79 Å². The molecule has 0 spiro atoms. The number of fused-ring (bicyclic) bond motifs is 5. The molecule has 3 heterocycles. The number of benzene rings is 1. The summed E-state index contributed by atoms with van der Waals surface area (Å²) in [6, 6.07) is 7.69. The number of aromatic nitrogens is 4. The largest absolute Gasteiger partial charge is 0.365 e. The fourth-order valence-corrected chi connectivity index (χ4v) is 5.62. The zero-order valence-electron chi connectivity index (χ0n) is 17.0. The van der Waals surface area contributed by atoms with Crippen LogP contribution in [0, 0.1) is 5.92 Å². The molecular formula is C22H23N5O2S. The third-order valence-corrected chi connectivity index (χ3v) is 7.03. The van der Waals surface area contributed by atoms with Crippen LogP contribution in [0.1, 0.15) is 36.3 Å². The summed E-state index contributed by atoms with van der Waals surface area (Å²) in [4.78, 5) is 36.5. The Kier molecular flexibility index (Phi) is 4.66. The number of aryl methyl sites for hydroxylation is 2. The van der Waals surface area contributed by atoms with Gasteiger partial charge in [0, 0.05) is 10.6 Å². The normalized spacial score (nSPS) is 16.1. The standard InChI is InChI=1S/C22H23N5O2S/c1-3-14-6-4-5-7-16(14)24-18(28)11-26-22(29)25-20-19-15-9-8-13(2)10-17(15)30-21(19)23-12-27(20)26/h4-7,12-13H,3,8-11H2,1-2H3,(H,24,28)/t13-/m1/s1. The maximum absolute atomic E-state index is 12.7. The van der Waals surface area contributed by atoms with Gasteiger partial charge < -0.3 is 5.32 Å². The molecule has 1 aliphatic carbocycles. The van der Waals surface area contributed by atoms with Crippen LogP contribution in [-0.4, -0.2) is 25.1 Å². The highest BCUT2D eigenvalue weighted by atomic mass is 32.1. The number of carbonyl (C=O) groups is 1. The lowest BCUT2D eigenvalue weighted by Crippen LogP contribution is -2.28. The number of para-hydroxylation sites is 1. The molecule has 0 saturated heterocycles. The van der Waals surface area contributed by atoms with Crippen molar-refractivity contribution in [1.82, 2.24) is 19.2 Å². The monoisotopic (exact) mass is 421 g/mol. The molecule has 1 N–H and O–H groups in total. The summed E-state index contributed by atoms with van der Waals surface area (Å²) in [6.45, 7) is 4.19. The van der Waals surface area contributed by atoms with E-state index in [-0.39, 0.29) is 12.5 Å². The summed E-state index contributed by atoms with van der Waals surface area (Å²) in [5, 5.41) is 3.89. The lowest BCUT2D eigenvalue weighted by molar-refractivity contribution is -0.117. The van der Waals surface area contributed by atoms with E-state index in [1.165, 1.54) is 15.1 Å². The molecule has 0 saturated carbocycles. The first-order valence-corrected chi connectivity index (χ1v) is 11.1. The zero-order valence-corrected chi connectivity index (χ0v) is 17.8. The molecule has 5 rings (SSSR count). The van der Waals surface area contributed by atoms with Crippen molar-refractivity contribution in [3.05, 3.63) is 57.1 Å². The number of rotatable bonds is 4. The molecular weight excluding hydrogens is 398 g/mol. The van der Waals surface area contributed by atoms with Gasteiger partial charge in [-0.05, 0) is 48.8 Å². The number of thiophene rings is 1. The molecule has 0 fully saturated rings. The fourth-order valence-electron chi connectivity index (χ4n) is 4.28. The van der Waals surface area contributed by atoms with Crippen LogP contribution in [0.5, 0.6) is 0 Å². The molecule has 8 heteroatoms. The van der Waals surface area contributed by atoms with Crippen molar-refractivity contribution >= 4 is 38.8 Å². The molecule has 1 aromatic carbocycles. The van der Waals surface area contributed by atoms with Gasteiger partial charge in [-0.2, -0.15) is 4.98 Å². The summed E-state index contributed by atoms with van der Waals surface area (Å²) < 4.78 is 2.97. The first kappa shape index (κ1) is 19.0. The van der Waals surface area contributed by atoms with Crippen LogP contribution in [0.2, 0.25) is 0 Å². The van der Waals surface area contributed by atoms with E-state index in [4.69, 9.17) is 0 Å². The lowest BCUT2D eigenvalue weighted by Gasteiger charge is -2.17. The number of amides is 1. The molecule has 7 nitrogen and oxygen atoms in total. The third-order valence-electron chi connectivity index (χ3n) is 5.87. The molecule has 4 aromatic rings. The minimum absolute atomic E-state index is 0.116. The summed E-state index contributed by atoms with van der Waals surface area (Å²) in [5.41, 5.74) is 3.25. The van der Waals surface area contributed by atoms with Crippen LogP contribution in [0.15, 0.2) is 35.4 Å². The Morgan fingerprint density at radius 1 is 1.33 bits per heavy atom. The van der Waals surface area contributed by atoms with Crippen molar-refractivity contribution in [1.29, 1.82) is 0 Å². The van der Waals surface area contributed by atoms with E-state index in [1.807, 2.05) is 31.2 Å². The van der Waals surface area contributed by atoms with E-state index in [2.05, 4.69) is 22.2 Å². The smallest absolute Gasteiger partial charge is 0.324 e. The van der Waals surface area contributed by atoms with Gasteiger partial charge in [0.05, 0.1) is 5.39 Å². The van der Waals surface area contributed by atoms with Gasteiger partial charge in [-0.15, -0.1) is 11.3 Å². The van der Waals surface area contributed by atoms with Crippen molar-refractivity contribution in [2.75, 3.05) is 5.32 Å². The lowest BCUT2D eigenvalue weighted by atomic mass is 9.89. The molecule has 1 amide bonds. The van der Waals surface area contributed by atoms with Crippen LogP contribution in [0.4, 0.5) is 5.69 Å². The average molecular weight is 422 g/mol. The maximum atomic E-state index is 12.7. The Bertz CT molecular complexity index is 1330. The highest BCUT2D eigenvalue weighted by Crippen LogP contribution is 2.38. The van der Waals surface area contributed by atoms with E-state index in [0.29, 0.717) is 11.6 Å². The van der Waals surface area contributed by atoms with Gasteiger partial charge in [0.25, 0.3) is 0 Å². The van der Waals surface area contributed by atoms with E-state index < -0.39 is 5.69 Å². The molecule has 3 aromatic heterocycles. The second-order valence-corrected chi connectivity index (χ2v) is 9.04. The van der Waals surface area contributed by atoms with Crippen LogP contribution in [0.25, 0.3) is 15.9 Å². The molecule has 0 radical (unpaired) electrons. The summed E-state index contributed by atoms with van der Waals surface area (Å²) in [5.74, 6) is 0.400. The topological polar surface area (TPSA) is 81.3 Å². The van der Waals surface area contributed by atoms with E-state index in [1.54, 1.807) is 22.2 Å². The highest BCUT2D eigenvalue weighted by molar-refractivity contribution is 7.19. The second-order valence-electron chi connectivity index (χ2n) is 7.96. The molecule has 30 heavy (non-hydrogen) atoms. The molecule has 1 aliphatic rings. The van der Waals surface area contributed by atoms with Crippen LogP contribution in [0.3, 0.4) is 0 Å². The number of hydrogen-bond donors (Lipinski definition) is 1. The second kappa shape index (κ2) is 7.36. The Balaban J connectivity index is 1.52. The zero-order chi connectivity index (χ0) is 20.8. The van der Waals surface area contributed by atoms with Gasteiger partial charge in [-0.25, -0.2) is 19.0 Å². The predicted octanol–water partition coefficient (Wildman–Crippen LogP) is 3.43. The highest BCUT2D eigenvalue weighted by Gasteiger charge is 2.24. The Labute approximate surface area is 177 Å². The summed E-state index contributed by atoms with van der Waals surface area (Å²) in [6.07, 6.45) is 5.57. The number of hydrogen-bond acceptors (Lipinski definition) is 5. The van der Waals surface area contributed by atoms with Gasteiger partial charge >= 0.3 is 5.69 Å². The van der Waals surface area contributed by atoms with E-state index in [0.717, 1.165) is 47.2 Å². The first-order chi connectivity index (χ1) is 14.5. The number of nitrogens with one attached hydrogen (secondary N) is 1. The third kappa shape index (κ3) is 3.11. The SMILES string of the molecule is CCc1ccccc1NC(=O)Cn1c(=O)nc2c3c4c(sc3ncn21)C[C@H](C)CC4. The van der Waals surface area contributed by atoms with Gasteiger partial charge in [0.2, 0.25) is 5.91 Å².